The fraction of sp³-hybridized carbons (Fsp3) is 0.667. The number of hydrogen-bond donors (Lipinski definition) is 2. The molecule has 0 saturated heterocycles. The average molecular weight is 319 g/mol. The van der Waals surface area contributed by atoms with Gasteiger partial charge in [0, 0.05) is 17.9 Å². The maximum absolute atomic E-state index is 12.6. The first-order valence-corrected chi connectivity index (χ1v) is 8.37. The molecule has 1 amide bonds. The minimum absolute atomic E-state index is 0.0127. The summed E-state index contributed by atoms with van der Waals surface area (Å²) in [5.41, 5.74) is 1.16. The molecule has 1 saturated carbocycles. The molecule has 0 bridgehead atoms. The van der Waals surface area contributed by atoms with Crippen LogP contribution < -0.4 is 5.32 Å². The highest BCUT2D eigenvalue weighted by molar-refractivity contribution is 5.81. The minimum Gasteiger partial charge on any atom is -0.481 e. The van der Waals surface area contributed by atoms with Crippen LogP contribution in [0, 0.1) is 24.2 Å². The highest BCUT2D eigenvalue weighted by Gasteiger charge is 2.38. The molecule has 5 nitrogen and oxygen atoms in total. The number of aryl methyl sites for hydroxylation is 1. The zero-order valence-corrected chi connectivity index (χ0v) is 14.0. The summed E-state index contributed by atoms with van der Waals surface area (Å²) in [4.78, 5) is 23.6. The number of fused-ring (bicyclic) bond motifs is 1. The van der Waals surface area contributed by atoms with Gasteiger partial charge in [-0.05, 0) is 44.1 Å². The Kier molecular flexibility index (Phi) is 3.98. The molecule has 1 aromatic rings. The van der Waals surface area contributed by atoms with Gasteiger partial charge in [0.1, 0.15) is 11.5 Å². The van der Waals surface area contributed by atoms with Gasteiger partial charge in [-0.2, -0.15) is 0 Å². The maximum Gasteiger partial charge on any atom is 0.306 e. The quantitative estimate of drug-likeness (QED) is 0.896. The van der Waals surface area contributed by atoms with E-state index >= 15 is 0 Å². The third kappa shape index (κ3) is 3.28. The van der Waals surface area contributed by atoms with Gasteiger partial charge in [0.2, 0.25) is 5.91 Å². The highest BCUT2D eigenvalue weighted by Crippen LogP contribution is 2.42. The Morgan fingerprint density at radius 2 is 2.00 bits per heavy atom. The molecule has 2 aliphatic rings. The Balaban J connectivity index is 1.72. The molecule has 1 heterocycles. The number of carboxylic acid groups (broad SMARTS) is 1. The largest absolute Gasteiger partial charge is 0.481 e. The zero-order chi connectivity index (χ0) is 16.8. The first-order chi connectivity index (χ1) is 10.7. The SMILES string of the molecule is Cc1cc2c(o1)CC(C)(C)CC2NC(=O)[C@@H]1CC[C@H](C(=O)O)C1. The predicted molar refractivity (Wildman–Crippen MR) is 84.9 cm³/mol. The van der Waals surface area contributed by atoms with E-state index in [1.807, 2.05) is 13.0 Å². The van der Waals surface area contributed by atoms with Gasteiger partial charge in [-0.1, -0.05) is 13.8 Å². The number of nitrogens with one attached hydrogen (secondary N) is 1. The van der Waals surface area contributed by atoms with Crippen LogP contribution in [0.5, 0.6) is 0 Å². The summed E-state index contributed by atoms with van der Waals surface area (Å²) in [6, 6.07) is 1.98. The van der Waals surface area contributed by atoms with Crippen LogP contribution >= 0.6 is 0 Å². The van der Waals surface area contributed by atoms with Crippen molar-refractivity contribution in [2.24, 2.45) is 17.3 Å². The fourth-order valence-electron chi connectivity index (χ4n) is 4.05. The number of aliphatic carboxylic acids is 1. The van der Waals surface area contributed by atoms with E-state index in [1.54, 1.807) is 0 Å². The van der Waals surface area contributed by atoms with Gasteiger partial charge >= 0.3 is 5.97 Å². The lowest BCUT2D eigenvalue weighted by atomic mass is 9.74. The van der Waals surface area contributed by atoms with Crippen molar-refractivity contribution < 1.29 is 19.1 Å². The van der Waals surface area contributed by atoms with E-state index in [1.165, 1.54) is 0 Å². The van der Waals surface area contributed by atoms with Crippen molar-refractivity contribution in [2.75, 3.05) is 0 Å². The van der Waals surface area contributed by atoms with Gasteiger partial charge in [0.15, 0.2) is 0 Å². The molecule has 3 atom stereocenters. The molecule has 2 N–H and O–H groups in total. The number of rotatable bonds is 3. The van der Waals surface area contributed by atoms with Crippen LogP contribution in [0.15, 0.2) is 10.5 Å². The summed E-state index contributed by atoms with van der Waals surface area (Å²) in [5.74, 6) is 0.489. The van der Waals surface area contributed by atoms with Gasteiger partial charge in [0.05, 0.1) is 12.0 Å². The monoisotopic (exact) mass is 319 g/mol. The van der Waals surface area contributed by atoms with Crippen molar-refractivity contribution in [1.82, 2.24) is 5.32 Å². The van der Waals surface area contributed by atoms with E-state index < -0.39 is 5.97 Å². The molecule has 0 aromatic carbocycles. The van der Waals surface area contributed by atoms with E-state index in [9.17, 15) is 9.59 Å². The van der Waals surface area contributed by atoms with E-state index in [-0.39, 0.29) is 29.2 Å². The molecule has 0 spiro atoms. The van der Waals surface area contributed by atoms with E-state index in [0.717, 1.165) is 29.9 Å². The lowest BCUT2D eigenvalue weighted by Gasteiger charge is -2.35. The lowest BCUT2D eigenvalue weighted by molar-refractivity contribution is -0.141. The Morgan fingerprint density at radius 3 is 2.65 bits per heavy atom. The van der Waals surface area contributed by atoms with Crippen molar-refractivity contribution in [1.29, 1.82) is 0 Å². The maximum atomic E-state index is 12.6. The lowest BCUT2D eigenvalue weighted by Crippen LogP contribution is -2.38. The second kappa shape index (κ2) is 5.69. The molecule has 1 unspecified atom stereocenters. The molecule has 126 valence electrons. The molecular formula is C18H25NO4. The first kappa shape index (κ1) is 16.1. The average Bonchev–Trinajstić information content (AvgIpc) is 3.03. The van der Waals surface area contributed by atoms with E-state index in [0.29, 0.717) is 19.3 Å². The fourth-order valence-corrected chi connectivity index (χ4v) is 4.05. The molecule has 0 radical (unpaired) electrons. The van der Waals surface area contributed by atoms with Crippen molar-refractivity contribution in [2.45, 2.75) is 58.9 Å². The molecule has 3 rings (SSSR count). The first-order valence-electron chi connectivity index (χ1n) is 8.37. The Morgan fingerprint density at radius 1 is 1.30 bits per heavy atom. The van der Waals surface area contributed by atoms with Crippen molar-refractivity contribution >= 4 is 11.9 Å². The number of hydrogen-bond acceptors (Lipinski definition) is 3. The standard InChI is InChI=1S/C18H25NO4/c1-10-6-13-14(8-18(2,3)9-15(13)23-10)19-16(20)11-4-5-12(7-11)17(21)22/h6,11-12,14H,4-5,7-9H2,1-3H3,(H,19,20)(H,21,22)/t11-,12+,14?/m1/s1. The van der Waals surface area contributed by atoms with Crippen molar-refractivity contribution in [3.8, 4) is 0 Å². The van der Waals surface area contributed by atoms with Crippen LogP contribution in [0.25, 0.3) is 0 Å². The van der Waals surface area contributed by atoms with Gasteiger partial charge in [-0.3, -0.25) is 9.59 Å². The number of carbonyl (C=O) groups is 2. The molecule has 0 aliphatic heterocycles. The Labute approximate surface area is 136 Å². The minimum atomic E-state index is -0.785. The molecule has 2 aliphatic carbocycles. The number of carboxylic acids is 1. The van der Waals surface area contributed by atoms with Gasteiger partial charge in [0.25, 0.3) is 0 Å². The molecular weight excluding hydrogens is 294 g/mol. The summed E-state index contributed by atoms with van der Waals surface area (Å²) in [6.45, 7) is 6.30. The van der Waals surface area contributed by atoms with Crippen LogP contribution in [-0.2, 0) is 16.0 Å². The number of carbonyl (C=O) groups excluding carboxylic acids is 1. The smallest absolute Gasteiger partial charge is 0.306 e. The Hall–Kier alpha value is -1.78. The molecule has 23 heavy (non-hydrogen) atoms. The summed E-state index contributed by atoms with van der Waals surface area (Å²) in [6.07, 6.45) is 3.47. The van der Waals surface area contributed by atoms with E-state index in [2.05, 4.69) is 19.2 Å². The number of furan rings is 1. The topological polar surface area (TPSA) is 79.5 Å². The van der Waals surface area contributed by atoms with Gasteiger partial charge in [-0.15, -0.1) is 0 Å². The summed E-state index contributed by atoms with van der Waals surface area (Å²) in [7, 11) is 0. The van der Waals surface area contributed by atoms with Crippen LogP contribution in [-0.4, -0.2) is 17.0 Å². The predicted octanol–water partition coefficient (Wildman–Crippen LogP) is 3.22. The van der Waals surface area contributed by atoms with Crippen molar-refractivity contribution in [3.05, 3.63) is 23.2 Å². The number of amides is 1. The second-order valence-corrected chi connectivity index (χ2v) is 7.89. The molecule has 1 fully saturated rings. The highest BCUT2D eigenvalue weighted by atomic mass is 16.4. The third-order valence-corrected chi connectivity index (χ3v) is 5.21. The van der Waals surface area contributed by atoms with Gasteiger partial charge in [-0.25, -0.2) is 0 Å². The van der Waals surface area contributed by atoms with Crippen LogP contribution in [0.2, 0.25) is 0 Å². The summed E-state index contributed by atoms with van der Waals surface area (Å²) in [5, 5.41) is 12.2. The summed E-state index contributed by atoms with van der Waals surface area (Å²) < 4.78 is 5.80. The molecule has 5 heteroatoms. The van der Waals surface area contributed by atoms with Crippen LogP contribution in [0.4, 0.5) is 0 Å². The van der Waals surface area contributed by atoms with Crippen LogP contribution in [0.1, 0.15) is 62.7 Å². The second-order valence-electron chi connectivity index (χ2n) is 7.89. The van der Waals surface area contributed by atoms with Crippen molar-refractivity contribution in [3.63, 3.8) is 0 Å². The Bertz CT molecular complexity index is 631. The molecule has 1 aromatic heterocycles. The summed E-state index contributed by atoms with van der Waals surface area (Å²) >= 11 is 0. The van der Waals surface area contributed by atoms with E-state index in [4.69, 9.17) is 9.52 Å². The zero-order valence-electron chi connectivity index (χ0n) is 14.0. The normalized spacial score (nSPS) is 29.1. The van der Waals surface area contributed by atoms with Gasteiger partial charge < -0.3 is 14.8 Å². The van der Waals surface area contributed by atoms with Crippen LogP contribution in [0.3, 0.4) is 0 Å². The third-order valence-electron chi connectivity index (χ3n) is 5.21.